The van der Waals surface area contributed by atoms with Crippen molar-refractivity contribution in [3.8, 4) is 0 Å². The second kappa shape index (κ2) is 7.59. The highest BCUT2D eigenvalue weighted by atomic mass is 19.1. The predicted molar refractivity (Wildman–Crippen MR) is 102 cm³/mol. The van der Waals surface area contributed by atoms with E-state index in [1.54, 1.807) is 29.3 Å². The van der Waals surface area contributed by atoms with Crippen molar-refractivity contribution in [2.75, 3.05) is 13.6 Å². The highest BCUT2D eigenvalue weighted by Crippen LogP contribution is 2.42. The van der Waals surface area contributed by atoms with Gasteiger partial charge in [0.15, 0.2) is 5.78 Å². The maximum Gasteiger partial charge on any atom is 0.412 e. The van der Waals surface area contributed by atoms with E-state index in [9.17, 15) is 24.2 Å². The Morgan fingerprint density at radius 1 is 1.36 bits per heavy atom. The first-order valence-electron chi connectivity index (χ1n) is 9.07. The molecule has 148 valence electrons. The molecular weight excluding hydrogens is 363 g/mol. The quantitative estimate of drug-likeness (QED) is 0.830. The molecule has 0 fully saturated rings. The monoisotopic (exact) mass is 386 g/mol. The summed E-state index contributed by atoms with van der Waals surface area (Å²) < 4.78 is 14.7. The first-order chi connectivity index (χ1) is 13.2. The van der Waals surface area contributed by atoms with Gasteiger partial charge in [0.2, 0.25) is 0 Å². The molecule has 1 aromatic rings. The van der Waals surface area contributed by atoms with Crippen molar-refractivity contribution in [2.45, 2.75) is 26.4 Å². The molecule has 0 aromatic heterocycles. The third-order valence-electron chi connectivity index (χ3n) is 4.75. The molecule has 1 heterocycles. The highest BCUT2D eigenvalue weighted by molar-refractivity contribution is 5.97. The Kier molecular flexibility index (Phi) is 5.38. The van der Waals surface area contributed by atoms with Gasteiger partial charge in [0.1, 0.15) is 17.7 Å². The Morgan fingerprint density at radius 2 is 2.04 bits per heavy atom. The normalized spacial score (nSPS) is 19.4. The van der Waals surface area contributed by atoms with Gasteiger partial charge in [0.05, 0.1) is 0 Å². The Morgan fingerprint density at radius 3 is 2.64 bits per heavy atom. The number of amides is 1. The van der Waals surface area contributed by atoms with Crippen LogP contribution in [0.2, 0.25) is 0 Å². The van der Waals surface area contributed by atoms with Gasteiger partial charge in [0, 0.05) is 37.3 Å². The summed E-state index contributed by atoms with van der Waals surface area (Å²) in [5, 5.41) is 19.7. The molecule has 1 aliphatic heterocycles. The van der Waals surface area contributed by atoms with Crippen molar-refractivity contribution in [3.05, 3.63) is 64.9 Å². The largest absolute Gasteiger partial charge is 0.465 e. The lowest BCUT2D eigenvalue weighted by Crippen LogP contribution is -2.39. The number of carbonyl (C=O) groups is 2. The molecule has 1 unspecified atom stereocenters. The van der Waals surface area contributed by atoms with Crippen LogP contribution < -0.4 is 0 Å². The minimum Gasteiger partial charge on any atom is -0.465 e. The second-order valence-corrected chi connectivity index (χ2v) is 7.39. The van der Waals surface area contributed by atoms with Crippen LogP contribution in [0.25, 0.3) is 5.57 Å². The first kappa shape index (κ1) is 19.8. The van der Waals surface area contributed by atoms with Crippen LogP contribution in [-0.2, 0) is 4.79 Å². The number of nitrogens with zero attached hydrogens (tertiary/aromatic N) is 2. The van der Waals surface area contributed by atoms with Crippen molar-refractivity contribution in [3.63, 3.8) is 0 Å². The molecule has 0 bridgehead atoms. The molecule has 28 heavy (non-hydrogen) atoms. The number of aliphatic hydroxyl groups excluding tert-OH is 1. The minimum atomic E-state index is -1.30. The number of hydrogen-bond donors (Lipinski definition) is 2. The van der Waals surface area contributed by atoms with Crippen LogP contribution in [0.1, 0.15) is 25.8 Å². The molecule has 1 atom stereocenters. The number of ketones is 1. The van der Waals surface area contributed by atoms with Gasteiger partial charge < -0.3 is 15.1 Å². The number of rotatable bonds is 4. The van der Waals surface area contributed by atoms with Crippen LogP contribution in [0.15, 0.2) is 53.5 Å². The zero-order valence-electron chi connectivity index (χ0n) is 16.0. The van der Waals surface area contributed by atoms with Crippen LogP contribution in [0.3, 0.4) is 0 Å². The van der Waals surface area contributed by atoms with Gasteiger partial charge in [-0.25, -0.2) is 9.18 Å². The Bertz CT molecular complexity index is 917. The maximum absolute atomic E-state index is 14.7. The lowest BCUT2D eigenvalue weighted by molar-refractivity contribution is -0.124. The zero-order valence-corrected chi connectivity index (χ0v) is 16.0. The number of carbonyl (C=O) groups excluding carboxylic acids is 1. The van der Waals surface area contributed by atoms with Crippen LogP contribution >= 0.6 is 0 Å². The zero-order chi connectivity index (χ0) is 20.6. The van der Waals surface area contributed by atoms with Gasteiger partial charge in [0.25, 0.3) is 0 Å². The molecule has 2 N–H and O–H groups in total. The number of Topliss-reactive ketones (excluding diaryl/α,β-unsaturated/α-hetero) is 1. The smallest absolute Gasteiger partial charge is 0.412 e. The fraction of sp³-hybridized carbons (Fsp3) is 0.333. The Hall–Kier alpha value is -2.93. The van der Waals surface area contributed by atoms with E-state index in [0.29, 0.717) is 29.1 Å². The lowest BCUT2D eigenvalue weighted by Gasteiger charge is -2.38. The van der Waals surface area contributed by atoms with Crippen molar-refractivity contribution in [2.24, 2.45) is 5.92 Å². The number of fused-ring (bicyclic) bond motifs is 1. The van der Waals surface area contributed by atoms with Crippen molar-refractivity contribution in [1.29, 1.82) is 0 Å². The van der Waals surface area contributed by atoms with E-state index < -0.39 is 18.0 Å². The van der Waals surface area contributed by atoms with Gasteiger partial charge in [-0.2, -0.15) is 0 Å². The number of hydrogen-bond acceptors (Lipinski definition) is 4. The van der Waals surface area contributed by atoms with Crippen LogP contribution in [0.4, 0.5) is 9.18 Å². The number of benzene rings is 1. The van der Waals surface area contributed by atoms with Gasteiger partial charge in [-0.1, -0.05) is 32.0 Å². The fourth-order valence-electron chi connectivity index (χ4n) is 3.53. The minimum absolute atomic E-state index is 0.00358. The first-order valence-corrected chi connectivity index (χ1v) is 9.07. The standard InChI is InChI=1S/C21H23FN2O4/c1-12(2)10-24-11-13-8-17(25)18(26)9-15(13)19(20(24)23(3)21(27)28)14-6-4-5-7-16(14)22/h4-7,9,11-12,18,26H,8,10H2,1-3H3,(H,27,28). The Balaban J connectivity index is 2.33. The van der Waals surface area contributed by atoms with E-state index in [1.807, 2.05) is 13.8 Å². The number of allylic oxidation sites excluding steroid dienone is 3. The van der Waals surface area contributed by atoms with Crippen molar-refractivity contribution >= 4 is 17.4 Å². The molecule has 1 amide bonds. The highest BCUT2D eigenvalue weighted by Gasteiger charge is 2.36. The molecular formula is C21H23FN2O4. The van der Waals surface area contributed by atoms with Gasteiger partial charge in [-0.05, 0) is 29.2 Å². The SMILES string of the molecule is CC(C)CN1C=C2CC(=O)C(O)C=C2C(c2ccccc2F)=C1N(C)C(=O)O. The average molecular weight is 386 g/mol. The summed E-state index contributed by atoms with van der Waals surface area (Å²) in [6, 6.07) is 6.09. The molecule has 0 radical (unpaired) electrons. The van der Waals surface area contributed by atoms with Crippen LogP contribution in [0, 0.1) is 11.7 Å². The maximum atomic E-state index is 14.7. The summed E-state index contributed by atoms with van der Waals surface area (Å²) in [4.78, 5) is 26.6. The van der Waals surface area contributed by atoms with Crippen LogP contribution in [-0.4, -0.2) is 51.6 Å². The van der Waals surface area contributed by atoms with E-state index in [1.165, 1.54) is 19.2 Å². The molecule has 1 aliphatic carbocycles. The fourth-order valence-corrected chi connectivity index (χ4v) is 3.53. The van der Waals surface area contributed by atoms with Gasteiger partial charge >= 0.3 is 6.09 Å². The van der Waals surface area contributed by atoms with E-state index in [0.717, 1.165) is 4.90 Å². The molecule has 0 saturated carbocycles. The summed E-state index contributed by atoms with van der Waals surface area (Å²) in [5.74, 6) is -0.372. The third-order valence-corrected chi connectivity index (χ3v) is 4.75. The van der Waals surface area contributed by atoms with Crippen LogP contribution in [0.5, 0.6) is 0 Å². The molecule has 0 spiro atoms. The second-order valence-electron chi connectivity index (χ2n) is 7.39. The average Bonchev–Trinajstić information content (AvgIpc) is 2.62. The summed E-state index contributed by atoms with van der Waals surface area (Å²) in [6.45, 7) is 4.46. The molecule has 3 rings (SSSR count). The summed E-state index contributed by atoms with van der Waals surface area (Å²) in [5.41, 5.74) is 1.70. The summed E-state index contributed by atoms with van der Waals surface area (Å²) in [7, 11) is 1.40. The van der Waals surface area contributed by atoms with E-state index in [2.05, 4.69) is 0 Å². The summed E-state index contributed by atoms with van der Waals surface area (Å²) >= 11 is 0. The molecule has 0 saturated heterocycles. The topological polar surface area (TPSA) is 81.1 Å². The van der Waals surface area contributed by atoms with Gasteiger partial charge in [-0.15, -0.1) is 0 Å². The van der Waals surface area contributed by atoms with Crippen molar-refractivity contribution < 1.29 is 24.2 Å². The third kappa shape index (κ3) is 3.57. The van der Waals surface area contributed by atoms with E-state index in [-0.39, 0.29) is 23.7 Å². The van der Waals surface area contributed by atoms with Gasteiger partial charge in [-0.3, -0.25) is 9.69 Å². The predicted octanol–water partition coefficient (Wildman–Crippen LogP) is 3.22. The van der Waals surface area contributed by atoms with E-state index >= 15 is 0 Å². The molecule has 1 aromatic carbocycles. The Labute approximate surface area is 162 Å². The summed E-state index contributed by atoms with van der Waals surface area (Å²) in [6.07, 6.45) is 0.615. The number of halogens is 1. The van der Waals surface area contributed by atoms with E-state index in [4.69, 9.17) is 0 Å². The molecule has 6 nitrogen and oxygen atoms in total. The molecule has 7 heteroatoms. The lowest BCUT2D eigenvalue weighted by atomic mass is 9.82. The number of carboxylic acid groups (broad SMARTS) is 1. The molecule has 2 aliphatic rings. The number of aliphatic hydroxyl groups is 1. The van der Waals surface area contributed by atoms with Crippen molar-refractivity contribution in [1.82, 2.24) is 9.80 Å².